The first-order chi connectivity index (χ1) is 9.19. The quantitative estimate of drug-likeness (QED) is 0.490. The van der Waals surface area contributed by atoms with Gasteiger partial charge in [0.25, 0.3) is 0 Å². The predicted molar refractivity (Wildman–Crippen MR) is 77.0 cm³/mol. The van der Waals surface area contributed by atoms with Crippen LogP contribution in [0.2, 0.25) is 0 Å². The Hall–Kier alpha value is -0.930. The van der Waals surface area contributed by atoms with Crippen LogP contribution in [-0.2, 0) is 0 Å². The smallest absolute Gasteiger partial charge is 0.123 e. The molecule has 2 nitrogen and oxygen atoms in total. The molecule has 3 heteroatoms. The molecule has 0 aromatic heterocycles. The van der Waals surface area contributed by atoms with E-state index in [2.05, 4.69) is 5.43 Å². The molecule has 0 spiro atoms. The SMILES string of the molecule is Cc1cc(F)cc(C(CC2CCCCCC2)NN)c1. The van der Waals surface area contributed by atoms with Crippen molar-refractivity contribution < 1.29 is 4.39 Å². The highest BCUT2D eigenvalue weighted by Crippen LogP contribution is 2.31. The molecule has 1 aliphatic carbocycles. The van der Waals surface area contributed by atoms with E-state index in [0.29, 0.717) is 5.92 Å². The molecule has 2 rings (SSSR count). The van der Waals surface area contributed by atoms with Crippen molar-refractivity contribution in [1.82, 2.24) is 5.43 Å². The van der Waals surface area contributed by atoms with Gasteiger partial charge in [-0.3, -0.25) is 11.3 Å². The molecule has 1 saturated carbocycles. The molecule has 0 aliphatic heterocycles. The van der Waals surface area contributed by atoms with E-state index < -0.39 is 0 Å². The van der Waals surface area contributed by atoms with Crippen LogP contribution in [0, 0.1) is 18.7 Å². The van der Waals surface area contributed by atoms with Gasteiger partial charge in [-0.1, -0.05) is 44.6 Å². The van der Waals surface area contributed by atoms with E-state index in [1.807, 2.05) is 13.0 Å². The van der Waals surface area contributed by atoms with E-state index in [0.717, 1.165) is 17.5 Å². The van der Waals surface area contributed by atoms with Gasteiger partial charge in [0.2, 0.25) is 0 Å². The molecular weight excluding hydrogens is 239 g/mol. The highest BCUT2D eigenvalue weighted by molar-refractivity contribution is 5.26. The lowest BCUT2D eigenvalue weighted by Crippen LogP contribution is -2.29. The second-order valence-electron chi connectivity index (χ2n) is 5.87. The molecule has 3 N–H and O–H groups in total. The zero-order chi connectivity index (χ0) is 13.7. The number of hydrazine groups is 1. The maximum Gasteiger partial charge on any atom is 0.123 e. The van der Waals surface area contributed by atoms with Crippen LogP contribution in [0.15, 0.2) is 18.2 Å². The number of hydrogen-bond donors (Lipinski definition) is 2. The topological polar surface area (TPSA) is 38.0 Å². The van der Waals surface area contributed by atoms with Crippen molar-refractivity contribution in [3.63, 3.8) is 0 Å². The first kappa shape index (κ1) is 14.5. The Bertz CT molecular complexity index is 377. The molecule has 19 heavy (non-hydrogen) atoms. The summed E-state index contributed by atoms with van der Waals surface area (Å²) >= 11 is 0. The molecular formula is C16H25FN2. The van der Waals surface area contributed by atoms with Gasteiger partial charge in [0, 0.05) is 6.04 Å². The Labute approximate surface area is 115 Å². The lowest BCUT2D eigenvalue weighted by atomic mass is 9.89. The summed E-state index contributed by atoms with van der Waals surface area (Å²) in [4.78, 5) is 0. The summed E-state index contributed by atoms with van der Waals surface area (Å²) in [6, 6.07) is 5.26. The average molecular weight is 264 g/mol. The summed E-state index contributed by atoms with van der Waals surface area (Å²) in [7, 11) is 0. The van der Waals surface area contributed by atoms with E-state index in [-0.39, 0.29) is 11.9 Å². The molecule has 0 heterocycles. The number of rotatable bonds is 4. The molecule has 0 saturated heterocycles. The number of halogens is 1. The van der Waals surface area contributed by atoms with Gasteiger partial charge in [0.05, 0.1) is 0 Å². The Morgan fingerprint density at radius 2 is 1.89 bits per heavy atom. The monoisotopic (exact) mass is 264 g/mol. The van der Waals surface area contributed by atoms with E-state index in [9.17, 15) is 4.39 Å². The molecule has 1 unspecified atom stereocenters. The number of aryl methyl sites for hydroxylation is 1. The van der Waals surface area contributed by atoms with Gasteiger partial charge in [-0.25, -0.2) is 4.39 Å². The van der Waals surface area contributed by atoms with Crippen LogP contribution in [0.5, 0.6) is 0 Å². The van der Waals surface area contributed by atoms with Gasteiger partial charge in [0.1, 0.15) is 5.82 Å². The van der Waals surface area contributed by atoms with Crippen LogP contribution in [0.4, 0.5) is 4.39 Å². The molecule has 1 atom stereocenters. The van der Waals surface area contributed by atoms with Crippen molar-refractivity contribution in [1.29, 1.82) is 0 Å². The lowest BCUT2D eigenvalue weighted by molar-refractivity contribution is 0.358. The molecule has 1 aliphatic rings. The maximum atomic E-state index is 13.5. The van der Waals surface area contributed by atoms with Gasteiger partial charge in [-0.15, -0.1) is 0 Å². The van der Waals surface area contributed by atoms with Gasteiger partial charge in [-0.05, 0) is 42.5 Å². The molecule has 106 valence electrons. The van der Waals surface area contributed by atoms with Crippen LogP contribution < -0.4 is 11.3 Å². The molecule has 0 amide bonds. The fourth-order valence-electron chi connectivity index (χ4n) is 3.20. The highest BCUT2D eigenvalue weighted by atomic mass is 19.1. The highest BCUT2D eigenvalue weighted by Gasteiger charge is 2.19. The van der Waals surface area contributed by atoms with Gasteiger partial charge in [0.15, 0.2) is 0 Å². The first-order valence-electron chi connectivity index (χ1n) is 7.42. The Morgan fingerprint density at radius 3 is 2.47 bits per heavy atom. The largest absolute Gasteiger partial charge is 0.271 e. The Balaban J connectivity index is 2.05. The second-order valence-corrected chi connectivity index (χ2v) is 5.87. The van der Waals surface area contributed by atoms with E-state index in [4.69, 9.17) is 5.84 Å². The van der Waals surface area contributed by atoms with Crippen molar-refractivity contribution in [2.45, 2.75) is 57.9 Å². The fraction of sp³-hybridized carbons (Fsp3) is 0.625. The minimum absolute atomic E-state index is 0.0671. The standard InChI is InChI=1S/C16H25FN2/c1-12-8-14(11-15(17)9-12)16(19-18)10-13-6-4-2-3-5-7-13/h8-9,11,13,16,19H,2-7,10,18H2,1H3. The molecule has 1 aromatic carbocycles. The van der Waals surface area contributed by atoms with E-state index in [1.165, 1.54) is 38.5 Å². The Morgan fingerprint density at radius 1 is 1.21 bits per heavy atom. The number of nitrogens with one attached hydrogen (secondary N) is 1. The molecule has 1 aromatic rings. The lowest BCUT2D eigenvalue weighted by Gasteiger charge is -2.22. The molecule has 1 fully saturated rings. The molecule has 0 radical (unpaired) electrons. The fourth-order valence-corrected chi connectivity index (χ4v) is 3.20. The second kappa shape index (κ2) is 7.01. The first-order valence-corrected chi connectivity index (χ1v) is 7.42. The summed E-state index contributed by atoms with van der Waals surface area (Å²) in [5, 5.41) is 0. The summed E-state index contributed by atoms with van der Waals surface area (Å²) < 4.78 is 13.5. The van der Waals surface area contributed by atoms with Crippen molar-refractivity contribution >= 4 is 0 Å². The normalized spacial score (nSPS) is 19.1. The van der Waals surface area contributed by atoms with E-state index >= 15 is 0 Å². The van der Waals surface area contributed by atoms with Gasteiger partial charge in [-0.2, -0.15) is 0 Å². The Kier molecular flexibility index (Phi) is 5.34. The summed E-state index contributed by atoms with van der Waals surface area (Å²) in [5.41, 5.74) is 4.80. The van der Waals surface area contributed by atoms with Crippen molar-refractivity contribution in [2.75, 3.05) is 0 Å². The van der Waals surface area contributed by atoms with E-state index in [1.54, 1.807) is 12.1 Å². The van der Waals surface area contributed by atoms with Crippen LogP contribution in [0.25, 0.3) is 0 Å². The van der Waals surface area contributed by atoms with Crippen molar-refractivity contribution in [2.24, 2.45) is 11.8 Å². The summed E-state index contributed by atoms with van der Waals surface area (Å²) in [6.45, 7) is 1.92. The predicted octanol–water partition coefficient (Wildman–Crippen LogP) is 4.00. The average Bonchev–Trinajstić information content (AvgIpc) is 2.63. The van der Waals surface area contributed by atoms with Crippen molar-refractivity contribution in [3.8, 4) is 0 Å². The minimum atomic E-state index is -0.170. The van der Waals surface area contributed by atoms with Crippen LogP contribution in [0.1, 0.15) is 62.1 Å². The van der Waals surface area contributed by atoms with Crippen LogP contribution in [-0.4, -0.2) is 0 Å². The molecule has 0 bridgehead atoms. The van der Waals surface area contributed by atoms with Gasteiger partial charge < -0.3 is 0 Å². The number of benzene rings is 1. The number of hydrogen-bond acceptors (Lipinski definition) is 2. The summed E-state index contributed by atoms with van der Waals surface area (Å²) in [6.07, 6.45) is 8.94. The third kappa shape index (κ3) is 4.29. The van der Waals surface area contributed by atoms with Crippen molar-refractivity contribution in [3.05, 3.63) is 35.1 Å². The maximum absolute atomic E-state index is 13.5. The van der Waals surface area contributed by atoms with Crippen LogP contribution in [0.3, 0.4) is 0 Å². The summed E-state index contributed by atoms with van der Waals surface area (Å²) in [5.74, 6) is 6.23. The van der Waals surface area contributed by atoms with Crippen LogP contribution >= 0.6 is 0 Å². The number of nitrogens with two attached hydrogens (primary N) is 1. The zero-order valence-corrected chi connectivity index (χ0v) is 11.8. The third-order valence-electron chi connectivity index (χ3n) is 4.21. The zero-order valence-electron chi connectivity index (χ0n) is 11.8. The van der Waals surface area contributed by atoms with Gasteiger partial charge >= 0.3 is 0 Å². The third-order valence-corrected chi connectivity index (χ3v) is 4.21. The minimum Gasteiger partial charge on any atom is -0.271 e.